The zero-order valence-corrected chi connectivity index (χ0v) is 18.3. The fourth-order valence-electron chi connectivity index (χ4n) is 3.75. The zero-order valence-electron chi connectivity index (χ0n) is 18.3. The van der Waals surface area contributed by atoms with Gasteiger partial charge in [-0.1, -0.05) is 6.42 Å². The number of nitrogens with zero attached hydrogens (tertiary/aromatic N) is 2. The molecule has 0 bridgehead atoms. The summed E-state index contributed by atoms with van der Waals surface area (Å²) < 4.78 is 23.7. The molecule has 0 unspecified atom stereocenters. The molecular weight excluding hydrogens is 408 g/mol. The van der Waals surface area contributed by atoms with Crippen molar-refractivity contribution in [3.8, 4) is 23.3 Å². The summed E-state index contributed by atoms with van der Waals surface area (Å²) in [6.07, 6.45) is 5.49. The first-order valence-corrected chi connectivity index (χ1v) is 10.8. The number of benzene rings is 2. The Labute approximate surface area is 187 Å². The van der Waals surface area contributed by atoms with Crippen LogP contribution in [0.15, 0.2) is 42.6 Å². The van der Waals surface area contributed by atoms with Crippen LogP contribution >= 0.6 is 0 Å². The SMILES string of the molecule is CCOC(=O)c1ccc(-n2cc(C#N)c3ccc(OCC4CCC4)cc32)cc1OCOC. The number of ether oxygens (including phenoxy) is 4. The fraction of sp³-hybridized carbons (Fsp3) is 0.360. The van der Waals surface area contributed by atoms with Crippen LogP contribution in [0.2, 0.25) is 0 Å². The van der Waals surface area contributed by atoms with Gasteiger partial charge < -0.3 is 23.5 Å². The van der Waals surface area contributed by atoms with Crippen LogP contribution in [0, 0.1) is 17.2 Å². The van der Waals surface area contributed by atoms with E-state index in [2.05, 4.69) is 6.07 Å². The van der Waals surface area contributed by atoms with E-state index in [0.29, 0.717) is 29.4 Å². The highest BCUT2D eigenvalue weighted by Gasteiger charge is 2.19. The van der Waals surface area contributed by atoms with Gasteiger partial charge in [0.1, 0.15) is 23.1 Å². The predicted octanol–water partition coefficient (Wildman–Crippen LogP) is 4.84. The minimum Gasteiger partial charge on any atom is -0.493 e. The van der Waals surface area contributed by atoms with E-state index < -0.39 is 5.97 Å². The Hall–Kier alpha value is -3.50. The number of carbonyl (C=O) groups excluding carboxylic acids is 1. The summed E-state index contributed by atoms with van der Waals surface area (Å²) in [5, 5.41) is 10.5. The number of esters is 1. The second-order valence-electron chi connectivity index (χ2n) is 7.76. The van der Waals surface area contributed by atoms with Crippen LogP contribution < -0.4 is 9.47 Å². The van der Waals surface area contributed by atoms with E-state index in [0.717, 1.165) is 22.3 Å². The van der Waals surface area contributed by atoms with E-state index in [4.69, 9.17) is 18.9 Å². The number of aromatic nitrogens is 1. The molecule has 1 heterocycles. The summed E-state index contributed by atoms with van der Waals surface area (Å²) in [7, 11) is 1.51. The molecule has 1 aliphatic rings. The fourth-order valence-corrected chi connectivity index (χ4v) is 3.75. The molecule has 1 saturated carbocycles. The largest absolute Gasteiger partial charge is 0.493 e. The van der Waals surface area contributed by atoms with E-state index in [-0.39, 0.29) is 13.4 Å². The normalized spacial score (nSPS) is 13.4. The van der Waals surface area contributed by atoms with Gasteiger partial charge in [0.05, 0.1) is 24.3 Å². The second-order valence-corrected chi connectivity index (χ2v) is 7.76. The molecule has 7 nitrogen and oxygen atoms in total. The summed E-state index contributed by atoms with van der Waals surface area (Å²) in [5.41, 5.74) is 2.45. The zero-order chi connectivity index (χ0) is 22.5. The summed E-state index contributed by atoms with van der Waals surface area (Å²) in [4.78, 5) is 12.3. The van der Waals surface area contributed by atoms with E-state index in [1.807, 2.05) is 22.8 Å². The first kappa shape index (κ1) is 21.7. The van der Waals surface area contributed by atoms with E-state index in [9.17, 15) is 10.1 Å². The number of hydrogen-bond acceptors (Lipinski definition) is 6. The van der Waals surface area contributed by atoms with Crippen molar-refractivity contribution < 1.29 is 23.7 Å². The molecule has 0 saturated heterocycles. The molecule has 2 aromatic carbocycles. The molecule has 1 aromatic heterocycles. The number of carbonyl (C=O) groups is 1. The Bertz CT molecular complexity index is 1160. The van der Waals surface area contributed by atoms with Crippen molar-refractivity contribution in [2.75, 3.05) is 27.1 Å². The van der Waals surface area contributed by atoms with Gasteiger partial charge in [-0.3, -0.25) is 0 Å². The van der Waals surface area contributed by atoms with Crippen molar-refractivity contribution in [1.29, 1.82) is 5.26 Å². The Morgan fingerprint density at radius 2 is 2.03 bits per heavy atom. The molecular formula is C25H26N2O5. The van der Waals surface area contributed by atoms with Gasteiger partial charge in [0.25, 0.3) is 0 Å². The standard InChI is InChI=1S/C25H26N2O5/c1-3-30-25(28)22-9-7-19(11-24(22)32-16-29-2)27-14-18(13-26)21-10-8-20(12-23(21)27)31-15-17-5-4-6-17/h7-12,14,17H,3-6,15-16H2,1-2H3. The molecule has 0 spiro atoms. The lowest BCUT2D eigenvalue weighted by Crippen LogP contribution is -2.19. The van der Waals surface area contributed by atoms with Crippen molar-refractivity contribution in [2.24, 2.45) is 5.92 Å². The maximum atomic E-state index is 12.3. The molecule has 166 valence electrons. The lowest BCUT2D eigenvalue weighted by atomic mass is 9.86. The van der Waals surface area contributed by atoms with E-state index in [1.165, 1.54) is 26.4 Å². The maximum absolute atomic E-state index is 12.3. The second kappa shape index (κ2) is 9.75. The van der Waals surface area contributed by atoms with Gasteiger partial charge in [0.15, 0.2) is 6.79 Å². The molecule has 32 heavy (non-hydrogen) atoms. The van der Waals surface area contributed by atoms with Crippen molar-refractivity contribution in [2.45, 2.75) is 26.2 Å². The third-order valence-electron chi connectivity index (χ3n) is 5.68. The van der Waals surface area contributed by atoms with Crippen molar-refractivity contribution >= 4 is 16.9 Å². The highest BCUT2D eigenvalue weighted by atomic mass is 16.7. The average molecular weight is 434 g/mol. The Morgan fingerprint density at radius 3 is 2.72 bits per heavy atom. The van der Waals surface area contributed by atoms with Gasteiger partial charge in [-0.25, -0.2) is 4.79 Å². The minimum atomic E-state index is -0.466. The molecule has 1 fully saturated rings. The molecule has 3 aromatic rings. The van der Waals surface area contributed by atoms with Crippen molar-refractivity contribution in [3.63, 3.8) is 0 Å². The minimum absolute atomic E-state index is 0.00904. The predicted molar refractivity (Wildman–Crippen MR) is 119 cm³/mol. The third kappa shape index (κ3) is 4.41. The first-order chi connectivity index (χ1) is 15.6. The average Bonchev–Trinajstić information content (AvgIpc) is 3.14. The van der Waals surface area contributed by atoms with Crippen LogP contribution in [-0.4, -0.2) is 37.7 Å². The van der Waals surface area contributed by atoms with Gasteiger partial charge in [-0.05, 0) is 49.9 Å². The van der Waals surface area contributed by atoms with Crippen LogP contribution in [-0.2, 0) is 9.47 Å². The molecule has 0 radical (unpaired) electrons. The maximum Gasteiger partial charge on any atom is 0.341 e. The first-order valence-electron chi connectivity index (χ1n) is 10.8. The number of fused-ring (bicyclic) bond motifs is 1. The van der Waals surface area contributed by atoms with Crippen LogP contribution in [0.3, 0.4) is 0 Å². The lowest BCUT2D eigenvalue weighted by molar-refractivity contribution is 0.0438. The highest BCUT2D eigenvalue weighted by Crippen LogP contribution is 2.32. The van der Waals surface area contributed by atoms with Gasteiger partial charge in [0, 0.05) is 36.5 Å². The highest BCUT2D eigenvalue weighted by molar-refractivity contribution is 5.93. The molecule has 7 heteroatoms. The summed E-state index contributed by atoms with van der Waals surface area (Å²) in [6, 6.07) is 13.2. The smallest absolute Gasteiger partial charge is 0.341 e. The molecule has 0 aliphatic heterocycles. The topological polar surface area (TPSA) is 82.7 Å². The quantitative estimate of drug-likeness (QED) is 0.354. The van der Waals surface area contributed by atoms with E-state index in [1.54, 1.807) is 31.3 Å². The molecule has 4 rings (SSSR count). The van der Waals surface area contributed by atoms with Gasteiger partial charge in [-0.15, -0.1) is 0 Å². The summed E-state index contributed by atoms with van der Waals surface area (Å²) >= 11 is 0. The van der Waals surface area contributed by atoms with Gasteiger partial charge in [-0.2, -0.15) is 5.26 Å². The van der Waals surface area contributed by atoms with Crippen LogP contribution in [0.4, 0.5) is 0 Å². The van der Waals surface area contributed by atoms with Crippen molar-refractivity contribution in [3.05, 3.63) is 53.7 Å². The molecule has 0 amide bonds. The number of methoxy groups -OCH3 is 1. The Balaban J connectivity index is 1.73. The van der Waals surface area contributed by atoms with E-state index >= 15 is 0 Å². The third-order valence-corrected chi connectivity index (χ3v) is 5.68. The lowest BCUT2D eigenvalue weighted by Gasteiger charge is -2.25. The van der Waals surface area contributed by atoms with Crippen LogP contribution in [0.25, 0.3) is 16.6 Å². The number of hydrogen-bond donors (Lipinski definition) is 0. The molecule has 1 aliphatic carbocycles. The van der Waals surface area contributed by atoms with Crippen LogP contribution in [0.1, 0.15) is 42.1 Å². The monoisotopic (exact) mass is 434 g/mol. The number of nitriles is 1. The summed E-state index contributed by atoms with van der Waals surface area (Å²) in [5.74, 6) is 1.28. The Morgan fingerprint density at radius 1 is 1.19 bits per heavy atom. The van der Waals surface area contributed by atoms with Crippen molar-refractivity contribution in [1.82, 2.24) is 4.57 Å². The molecule has 0 atom stereocenters. The van der Waals surface area contributed by atoms with Gasteiger partial charge >= 0.3 is 5.97 Å². The Kier molecular flexibility index (Phi) is 6.62. The van der Waals surface area contributed by atoms with Gasteiger partial charge in [0.2, 0.25) is 0 Å². The summed E-state index contributed by atoms with van der Waals surface area (Å²) in [6.45, 7) is 2.72. The molecule has 0 N–H and O–H groups in total. The number of rotatable bonds is 9. The van der Waals surface area contributed by atoms with Crippen LogP contribution in [0.5, 0.6) is 11.5 Å².